The second kappa shape index (κ2) is 8.42. The number of Topliss-reactive ketones (excluding diaryl/α,β-unsaturated/α-hetero) is 1. The molecule has 1 heterocycles. The molecule has 0 unspecified atom stereocenters. The summed E-state index contributed by atoms with van der Waals surface area (Å²) in [6.45, 7) is 1.59. The van der Waals surface area contributed by atoms with Gasteiger partial charge in [-0.25, -0.2) is 9.59 Å². The van der Waals surface area contributed by atoms with Crippen LogP contribution in [0.3, 0.4) is 0 Å². The van der Waals surface area contributed by atoms with Gasteiger partial charge in [-0.1, -0.05) is 23.8 Å². The highest BCUT2D eigenvalue weighted by atomic mass is 32.1. The van der Waals surface area contributed by atoms with E-state index in [9.17, 15) is 14.4 Å². The number of aryl methyl sites for hydroxylation is 1. The van der Waals surface area contributed by atoms with E-state index in [1.54, 1.807) is 29.6 Å². The van der Waals surface area contributed by atoms with Crippen molar-refractivity contribution in [2.45, 2.75) is 6.92 Å². The molecule has 136 valence electrons. The Morgan fingerprint density at radius 1 is 0.852 bits per heavy atom. The van der Waals surface area contributed by atoms with Crippen LogP contribution in [-0.4, -0.2) is 24.3 Å². The normalized spacial score (nSPS) is 10.3. The Kier molecular flexibility index (Phi) is 5.78. The predicted octanol–water partition coefficient (Wildman–Crippen LogP) is 4.32. The fraction of sp³-hybridized carbons (Fsp3) is 0.0952. The summed E-state index contributed by atoms with van der Waals surface area (Å²) >= 11 is 1.25. The van der Waals surface area contributed by atoms with E-state index in [0.717, 1.165) is 5.56 Å². The average Bonchev–Trinajstić information content (AvgIpc) is 3.22. The lowest BCUT2D eigenvalue weighted by molar-refractivity contribution is 0.0479. The van der Waals surface area contributed by atoms with Crippen LogP contribution in [0, 0.1) is 6.92 Å². The van der Waals surface area contributed by atoms with Crippen molar-refractivity contribution >= 4 is 29.1 Å². The molecular weight excluding hydrogens is 364 g/mol. The summed E-state index contributed by atoms with van der Waals surface area (Å²) in [6, 6.07) is 16.5. The van der Waals surface area contributed by atoms with Gasteiger partial charge in [0.05, 0.1) is 5.56 Å². The molecule has 0 aliphatic carbocycles. The lowest BCUT2D eigenvalue weighted by Gasteiger charge is -2.06. The third-order valence-corrected chi connectivity index (χ3v) is 4.58. The van der Waals surface area contributed by atoms with Gasteiger partial charge < -0.3 is 9.47 Å². The van der Waals surface area contributed by atoms with Crippen LogP contribution in [0.25, 0.3) is 0 Å². The Bertz CT molecular complexity index is 941. The molecular formula is C21H16O5S. The molecule has 3 aromatic rings. The van der Waals surface area contributed by atoms with E-state index in [4.69, 9.17) is 9.47 Å². The van der Waals surface area contributed by atoms with Gasteiger partial charge in [-0.3, -0.25) is 4.79 Å². The van der Waals surface area contributed by atoms with Crippen LogP contribution in [0.4, 0.5) is 0 Å². The molecule has 0 bridgehead atoms. The first-order valence-electron chi connectivity index (χ1n) is 8.15. The molecule has 3 rings (SSSR count). The van der Waals surface area contributed by atoms with E-state index >= 15 is 0 Å². The van der Waals surface area contributed by atoms with Gasteiger partial charge in [0.25, 0.3) is 0 Å². The maximum Gasteiger partial charge on any atom is 0.348 e. The molecule has 0 aliphatic heterocycles. The van der Waals surface area contributed by atoms with Crippen LogP contribution in [-0.2, 0) is 4.74 Å². The fourth-order valence-corrected chi connectivity index (χ4v) is 2.86. The monoisotopic (exact) mass is 380 g/mol. The van der Waals surface area contributed by atoms with Gasteiger partial charge >= 0.3 is 11.9 Å². The number of esters is 2. The van der Waals surface area contributed by atoms with Gasteiger partial charge in [-0.2, -0.15) is 0 Å². The van der Waals surface area contributed by atoms with Gasteiger partial charge in [0.15, 0.2) is 12.4 Å². The Morgan fingerprint density at radius 3 is 2.15 bits per heavy atom. The first-order chi connectivity index (χ1) is 13.0. The number of carbonyl (C=O) groups is 3. The summed E-state index contributed by atoms with van der Waals surface area (Å²) in [6.07, 6.45) is 0. The van der Waals surface area contributed by atoms with Crippen molar-refractivity contribution in [3.05, 3.63) is 87.6 Å². The molecule has 5 nitrogen and oxygen atoms in total. The smallest absolute Gasteiger partial charge is 0.348 e. The van der Waals surface area contributed by atoms with Crippen molar-refractivity contribution < 1.29 is 23.9 Å². The van der Waals surface area contributed by atoms with Crippen LogP contribution in [0.5, 0.6) is 5.75 Å². The average molecular weight is 380 g/mol. The first-order valence-corrected chi connectivity index (χ1v) is 9.03. The first kappa shape index (κ1) is 18.5. The largest absolute Gasteiger partial charge is 0.453 e. The van der Waals surface area contributed by atoms with Crippen molar-refractivity contribution in [1.82, 2.24) is 0 Å². The number of thiophene rings is 1. The van der Waals surface area contributed by atoms with Crippen LogP contribution in [0.1, 0.15) is 36.0 Å². The predicted molar refractivity (Wildman–Crippen MR) is 102 cm³/mol. The Labute approximate surface area is 160 Å². The minimum absolute atomic E-state index is 0.327. The van der Waals surface area contributed by atoms with E-state index < -0.39 is 11.9 Å². The van der Waals surface area contributed by atoms with Crippen molar-refractivity contribution in [3.63, 3.8) is 0 Å². The molecule has 0 atom stereocenters. The highest BCUT2D eigenvalue weighted by Gasteiger charge is 2.13. The molecule has 2 aromatic carbocycles. The minimum atomic E-state index is -0.526. The molecule has 0 fully saturated rings. The van der Waals surface area contributed by atoms with Crippen LogP contribution >= 0.6 is 11.3 Å². The molecule has 0 aliphatic rings. The van der Waals surface area contributed by atoms with Crippen LogP contribution in [0.2, 0.25) is 0 Å². The lowest BCUT2D eigenvalue weighted by Crippen LogP contribution is -2.13. The van der Waals surface area contributed by atoms with Crippen LogP contribution < -0.4 is 4.74 Å². The van der Waals surface area contributed by atoms with Crippen LogP contribution in [0.15, 0.2) is 66.0 Å². The van der Waals surface area contributed by atoms with Crippen molar-refractivity contribution in [1.29, 1.82) is 0 Å². The number of carbonyl (C=O) groups excluding carboxylic acids is 3. The summed E-state index contributed by atoms with van der Waals surface area (Å²) in [5, 5.41) is 1.76. The SMILES string of the molecule is Cc1ccc(C(=O)Oc2ccc(C(=O)COC(=O)c3cccs3)cc2)cc1. The summed E-state index contributed by atoms with van der Waals surface area (Å²) in [5.41, 5.74) is 1.86. The van der Waals surface area contributed by atoms with E-state index in [2.05, 4.69) is 0 Å². The summed E-state index contributed by atoms with van der Waals surface area (Å²) in [4.78, 5) is 36.4. The number of ketones is 1. The molecule has 0 spiro atoms. The van der Waals surface area contributed by atoms with Crippen molar-refractivity contribution in [3.8, 4) is 5.75 Å². The topological polar surface area (TPSA) is 69.7 Å². The molecule has 0 N–H and O–H groups in total. The maximum atomic E-state index is 12.1. The Morgan fingerprint density at radius 2 is 1.52 bits per heavy atom. The highest BCUT2D eigenvalue weighted by molar-refractivity contribution is 7.11. The molecule has 6 heteroatoms. The van der Waals surface area contributed by atoms with Gasteiger partial charge in [-0.15, -0.1) is 11.3 Å². The lowest BCUT2D eigenvalue weighted by atomic mass is 10.1. The van der Waals surface area contributed by atoms with Gasteiger partial charge in [0.2, 0.25) is 0 Å². The quantitative estimate of drug-likeness (QED) is 0.362. The van der Waals surface area contributed by atoms with Crippen molar-refractivity contribution in [2.24, 2.45) is 0 Å². The number of rotatable bonds is 6. The molecule has 0 amide bonds. The third kappa shape index (κ3) is 4.89. The van der Waals surface area contributed by atoms with Gasteiger partial charge in [0, 0.05) is 5.56 Å². The molecule has 0 saturated heterocycles. The van der Waals surface area contributed by atoms with E-state index in [-0.39, 0.29) is 12.4 Å². The molecule has 0 saturated carbocycles. The molecule has 27 heavy (non-hydrogen) atoms. The molecule has 0 radical (unpaired) electrons. The molecule has 1 aromatic heterocycles. The standard InChI is InChI=1S/C21H16O5S/c1-14-4-6-16(7-5-14)20(23)26-17-10-8-15(9-11-17)18(22)13-25-21(24)19-3-2-12-27-19/h2-12H,13H2,1H3. The summed E-state index contributed by atoms with van der Waals surface area (Å²) in [5.74, 6) is -1.01. The maximum absolute atomic E-state index is 12.1. The fourth-order valence-electron chi connectivity index (χ4n) is 2.24. The zero-order valence-corrected chi connectivity index (χ0v) is 15.3. The second-order valence-corrected chi connectivity index (χ2v) is 6.70. The van der Waals surface area contributed by atoms with Gasteiger partial charge in [-0.05, 0) is 54.8 Å². The number of hydrogen-bond acceptors (Lipinski definition) is 6. The second-order valence-electron chi connectivity index (χ2n) is 5.76. The summed E-state index contributed by atoms with van der Waals surface area (Å²) < 4.78 is 10.3. The Balaban J connectivity index is 1.56. The van der Waals surface area contributed by atoms with Gasteiger partial charge in [0.1, 0.15) is 10.6 Å². The van der Waals surface area contributed by atoms with E-state index in [1.165, 1.54) is 35.6 Å². The zero-order valence-electron chi connectivity index (χ0n) is 14.5. The minimum Gasteiger partial charge on any atom is -0.453 e. The van der Waals surface area contributed by atoms with E-state index in [1.807, 2.05) is 19.1 Å². The number of benzene rings is 2. The third-order valence-electron chi connectivity index (χ3n) is 3.73. The van der Waals surface area contributed by atoms with Crippen molar-refractivity contribution in [2.75, 3.05) is 6.61 Å². The highest BCUT2D eigenvalue weighted by Crippen LogP contribution is 2.16. The Hall–Kier alpha value is -3.25. The number of hydrogen-bond donors (Lipinski definition) is 0. The zero-order chi connectivity index (χ0) is 19.2. The van der Waals surface area contributed by atoms with E-state index in [0.29, 0.717) is 21.8 Å². The number of ether oxygens (including phenoxy) is 2. The summed E-state index contributed by atoms with van der Waals surface area (Å²) in [7, 11) is 0.